The summed E-state index contributed by atoms with van der Waals surface area (Å²) in [7, 11) is 1.62. The van der Waals surface area contributed by atoms with Crippen LogP contribution < -0.4 is 0 Å². The summed E-state index contributed by atoms with van der Waals surface area (Å²) in [4.78, 5) is 30.6. The molecular weight excluding hydrogens is 386 g/mol. The normalized spacial score (nSPS) is 15.3. The summed E-state index contributed by atoms with van der Waals surface area (Å²) in [6.07, 6.45) is 5.20. The van der Waals surface area contributed by atoms with Crippen LogP contribution in [0.15, 0.2) is 29.6 Å². The monoisotopic (exact) mass is 411 g/mol. The fourth-order valence-corrected chi connectivity index (χ4v) is 4.37. The first-order chi connectivity index (χ1) is 14.0. The topological polar surface area (TPSA) is 83.3 Å². The molecule has 6 nitrogen and oxygen atoms in total. The van der Waals surface area contributed by atoms with Gasteiger partial charge in [-0.05, 0) is 24.8 Å². The Kier molecular flexibility index (Phi) is 6.65. The van der Waals surface area contributed by atoms with Gasteiger partial charge in [0.1, 0.15) is 10.5 Å². The second-order valence-corrected chi connectivity index (χ2v) is 8.18. The number of hydrogen-bond acceptors (Lipinski definition) is 6. The SMILES string of the molecule is CCc1ccc(-c2nc(C(=O)OCC(=O)N(C)C3(C#N)CCCCC3)cs2)cc1. The van der Waals surface area contributed by atoms with E-state index in [9.17, 15) is 14.9 Å². The molecule has 0 atom stereocenters. The zero-order valence-electron chi connectivity index (χ0n) is 16.8. The highest BCUT2D eigenvalue weighted by Crippen LogP contribution is 2.32. The molecule has 1 aliphatic carbocycles. The second-order valence-electron chi connectivity index (χ2n) is 7.32. The fourth-order valence-electron chi connectivity index (χ4n) is 3.58. The van der Waals surface area contributed by atoms with Gasteiger partial charge in [-0.15, -0.1) is 11.3 Å². The van der Waals surface area contributed by atoms with Crippen molar-refractivity contribution >= 4 is 23.2 Å². The summed E-state index contributed by atoms with van der Waals surface area (Å²) in [6.45, 7) is 1.70. The minimum absolute atomic E-state index is 0.188. The van der Waals surface area contributed by atoms with E-state index in [-0.39, 0.29) is 11.6 Å². The van der Waals surface area contributed by atoms with Crippen LogP contribution in [0, 0.1) is 11.3 Å². The molecule has 3 rings (SSSR count). The molecule has 0 N–H and O–H groups in total. The van der Waals surface area contributed by atoms with E-state index < -0.39 is 18.1 Å². The summed E-state index contributed by atoms with van der Waals surface area (Å²) < 4.78 is 5.18. The maximum atomic E-state index is 12.5. The molecule has 1 amide bonds. The molecule has 2 aromatic rings. The van der Waals surface area contributed by atoms with E-state index in [1.165, 1.54) is 21.8 Å². The van der Waals surface area contributed by atoms with E-state index in [0.717, 1.165) is 36.3 Å². The number of aromatic nitrogens is 1. The van der Waals surface area contributed by atoms with E-state index in [1.807, 2.05) is 24.3 Å². The van der Waals surface area contributed by atoms with Crippen LogP contribution >= 0.6 is 11.3 Å². The van der Waals surface area contributed by atoms with Crippen LogP contribution in [0.1, 0.15) is 55.1 Å². The van der Waals surface area contributed by atoms with Gasteiger partial charge in [0.2, 0.25) is 0 Å². The quantitative estimate of drug-likeness (QED) is 0.665. The summed E-state index contributed by atoms with van der Waals surface area (Å²) in [5, 5.41) is 12.0. The van der Waals surface area contributed by atoms with Gasteiger partial charge in [-0.25, -0.2) is 9.78 Å². The summed E-state index contributed by atoms with van der Waals surface area (Å²) in [5.74, 6) is -0.999. The third kappa shape index (κ3) is 4.65. The Morgan fingerprint density at radius 3 is 2.55 bits per heavy atom. The molecule has 0 radical (unpaired) electrons. The van der Waals surface area contributed by atoms with Gasteiger partial charge in [-0.1, -0.05) is 50.5 Å². The Morgan fingerprint density at radius 2 is 1.93 bits per heavy atom. The van der Waals surface area contributed by atoms with E-state index in [0.29, 0.717) is 12.8 Å². The zero-order valence-corrected chi connectivity index (χ0v) is 17.6. The molecule has 0 spiro atoms. The molecule has 0 bridgehead atoms. The molecule has 1 fully saturated rings. The lowest BCUT2D eigenvalue weighted by Gasteiger charge is -2.38. The number of esters is 1. The minimum atomic E-state index is -0.791. The first-order valence-electron chi connectivity index (χ1n) is 9.89. The van der Waals surface area contributed by atoms with Crippen molar-refractivity contribution in [1.82, 2.24) is 9.88 Å². The third-order valence-electron chi connectivity index (χ3n) is 5.55. The van der Waals surface area contributed by atoms with E-state index >= 15 is 0 Å². The van der Waals surface area contributed by atoms with Gasteiger partial charge in [-0.2, -0.15) is 5.26 Å². The van der Waals surface area contributed by atoms with Crippen molar-refractivity contribution in [1.29, 1.82) is 5.26 Å². The molecule has 29 heavy (non-hydrogen) atoms. The number of amides is 1. The number of nitriles is 1. The van der Waals surface area contributed by atoms with Crippen molar-refractivity contribution in [2.75, 3.05) is 13.7 Å². The van der Waals surface area contributed by atoms with Crippen molar-refractivity contribution in [3.63, 3.8) is 0 Å². The number of benzene rings is 1. The Labute approximate surface area is 175 Å². The number of hydrogen-bond donors (Lipinski definition) is 0. The van der Waals surface area contributed by atoms with Gasteiger partial charge < -0.3 is 9.64 Å². The van der Waals surface area contributed by atoms with E-state index in [4.69, 9.17) is 4.74 Å². The largest absolute Gasteiger partial charge is 0.451 e. The van der Waals surface area contributed by atoms with Crippen molar-refractivity contribution in [3.8, 4) is 16.6 Å². The van der Waals surface area contributed by atoms with Crippen molar-refractivity contribution < 1.29 is 14.3 Å². The molecule has 1 saturated carbocycles. The van der Waals surface area contributed by atoms with Gasteiger partial charge in [0.15, 0.2) is 12.3 Å². The Hall–Kier alpha value is -2.72. The number of aryl methyl sites for hydroxylation is 1. The molecule has 152 valence electrons. The third-order valence-corrected chi connectivity index (χ3v) is 6.45. The van der Waals surface area contributed by atoms with E-state index in [1.54, 1.807) is 12.4 Å². The van der Waals surface area contributed by atoms with Gasteiger partial charge >= 0.3 is 5.97 Å². The van der Waals surface area contributed by atoms with Crippen molar-refractivity contribution in [2.24, 2.45) is 0 Å². The van der Waals surface area contributed by atoms with Gasteiger partial charge in [0.05, 0.1) is 6.07 Å². The first-order valence-corrected chi connectivity index (χ1v) is 10.8. The van der Waals surface area contributed by atoms with Crippen LogP contribution in [0.5, 0.6) is 0 Å². The molecule has 1 aromatic heterocycles. The van der Waals surface area contributed by atoms with Crippen LogP contribution in [0.25, 0.3) is 10.6 Å². The predicted molar refractivity (Wildman–Crippen MR) is 111 cm³/mol. The standard InChI is InChI=1S/C22H25N3O3S/c1-3-16-7-9-17(10-8-16)20-24-18(14-29-20)21(27)28-13-19(26)25(2)22(15-23)11-5-4-6-12-22/h7-10,14H,3-6,11-13H2,1-2H3. The number of nitrogens with zero attached hydrogens (tertiary/aromatic N) is 3. The molecule has 1 heterocycles. The molecule has 0 unspecified atom stereocenters. The highest BCUT2D eigenvalue weighted by Gasteiger charge is 2.39. The number of ether oxygens (including phenoxy) is 1. The lowest BCUT2D eigenvalue weighted by Crippen LogP contribution is -2.51. The molecule has 1 aromatic carbocycles. The molecule has 0 saturated heterocycles. The second kappa shape index (κ2) is 9.19. The van der Waals surface area contributed by atoms with Crippen LogP contribution in [0.3, 0.4) is 0 Å². The van der Waals surface area contributed by atoms with Crippen molar-refractivity contribution in [3.05, 3.63) is 40.9 Å². The van der Waals surface area contributed by atoms with Crippen LogP contribution in [0.4, 0.5) is 0 Å². The number of thiazole rings is 1. The summed E-state index contributed by atoms with van der Waals surface area (Å²) in [6, 6.07) is 10.3. The number of carbonyl (C=O) groups is 2. The Balaban J connectivity index is 1.60. The molecule has 0 aliphatic heterocycles. The zero-order chi connectivity index (χ0) is 20.9. The molecule has 1 aliphatic rings. The van der Waals surface area contributed by atoms with Gasteiger partial charge in [-0.3, -0.25) is 4.79 Å². The summed E-state index contributed by atoms with van der Waals surface area (Å²) in [5.41, 5.74) is 1.57. The smallest absolute Gasteiger partial charge is 0.358 e. The summed E-state index contributed by atoms with van der Waals surface area (Å²) >= 11 is 1.36. The van der Waals surface area contributed by atoms with Crippen LogP contribution in [-0.4, -0.2) is 41.0 Å². The predicted octanol–water partition coefficient (Wildman–Crippen LogP) is 4.21. The lowest BCUT2D eigenvalue weighted by atomic mass is 9.81. The average molecular weight is 412 g/mol. The Bertz CT molecular complexity index is 908. The van der Waals surface area contributed by atoms with Gasteiger partial charge in [0.25, 0.3) is 5.91 Å². The lowest BCUT2D eigenvalue weighted by molar-refractivity contribution is -0.138. The van der Waals surface area contributed by atoms with E-state index in [2.05, 4.69) is 18.0 Å². The van der Waals surface area contributed by atoms with Crippen LogP contribution in [-0.2, 0) is 16.0 Å². The van der Waals surface area contributed by atoms with Crippen LogP contribution in [0.2, 0.25) is 0 Å². The highest BCUT2D eigenvalue weighted by molar-refractivity contribution is 7.13. The Morgan fingerprint density at radius 1 is 1.24 bits per heavy atom. The minimum Gasteiger partial charge on any atom is -0.451 e. The number of carbonyl (C=O) groups excluding carboxylic acids is 2. The highest BCUT2D eigenvalue weighted by atomic mass is 32.1. The number of rotatable bonds is 6. The fraction of sp³-hybridized carbons (Fsp3) is 0.455. The maximum Gasteiger partial charge on any atom is 0.358 e. The molecule has 7 heteroatoms. The maximum absolute atomic E-state index is 12.5. The van der Waals surface area contributed by atoms with Gasteiger partial charge in [0, 0.05) is 18.0 Å². The number of likely N-dealkylation sites (N-methyl/N-ethyl adjacent to an activating group) is 1. The first kappa shape index (κ1) is 21.0. The average Bonchev–Trinajstić information content (AvgIpc) is 3.27. The molecular formula is C22H25N3O3S. The van der Waals surface area contributed by atoms with Crippen molar-refractivity contribution in [2.45, 2.75) is 51.0 Å².